The van der Waals surface area contributed by atoms with E-state index < -0.39 is 27.5 Å². The first kappa shape index (κ1) is 31.3. The molecule has 0 heterocycles. The number of ether oxygens (including phenoxy) is 2. The highest BCUT2D eigenvalue weighted by atomic mass is 32.2. The van der Waals surface area contributed by atoms with Crippen molar-refractivity contribution >= 4 is 21.9 Å². The molecule has 0 saturated heterocycles. The molecule has 43 heavy (non-hydrogen) atoms. The lowest BCUT2D eigenvalue weighted by Gasteiger charge is -2.27. The highest BCUT2D eigenvalue weighted by molar-refractivity contribution is 7.91. The lowest BCUT2D eigenvalue weighted by Crippen LogP contribution is -2.37. The van der Waals surface area contributed by atoms with E-state index in [9.17, 15) is 23.1 Å². The van der Waals surface area contributed by atoms with Gasteiger partial charge >= 0.3 is 12.1 Å². The van der Waals surface area contributed by atoms with E-state index in [1.54, 1.807) is 17.0 Å². The van der Waals surface area contributed by atoms with E-state index in [-0.39, 0.29) is 27.7 Å². The summed E-state index contributed by atoms with van der Waals surface area (Å²) in [5.41, 5.74) is 1.76. The Kier molecular flexibility index (Phi) is 9.88. The molecule has 0 saturated carbocycles. The monoisotopic (exact) mass is 601 g/mol. The molecule has 1 N–H and O–H groups in total. The average Bonchev–Trinajstić information content (AvgIpc) is 2.98. The standard InChI is InChI=1S/C34H35NO7S/c1-34(2,3)42-33(38)35(23-26-10-6-4-7-11-26)21-20-25-14-16-28(17-15-25)43(39,40)29-18-19-31(30(22-29)32(36)37)41-24-27-12-8-5-9-13-27/h4-19,22H,20-21,23-24H2,1-3H3,(H,36,37). The lowest BCUT2D eigenvalue weighted by molar-refractivity contribution is 0.0235. The number of carbonyl (C=O) groups is 2. The van der Waals surface area contributed by atoms with Crippen molar-refractivity contribution < 1.29 is 32.6 Å². The number of nitrogens with zero attached hydrogens (tertiary/aromatic N) is 1. The van der Waals surface area contributed by atoms with Crippen LogP contribution in [0.5, 0.6) is 5.75 Å². The molecule has 1 amide bonds. The zero-order valence-corrected chi connectivity index (χ0v) is 25.2. The van der Waals surface area contributed by atoms with Gasteiger partial charge in [0.25, 0.3) is 0 Å². The van der Waals surface area contributed by atoms with Gasteiger partial charge in [0, 0.05) is 13.1 Å². The molecule has 0 bridgehead atoms. The molecule has 0 radical (unpaired) electrons. The number of carbonyl (C=O) groups excluding carboxylic acids is 1. The maximum Gasteiger partial charge on any atom is 0.410 e. The second-order valence-electron chi connectivity index (χ2n) is 11.0. The fraction of sp³-hybridized carbons (Fsp3) is 0.235. The number of amides is 1. The SMILES string of the molecule is CC(C)(C)OC(=O)N(CCc1ccc(S(=O)(=O)c2ccc(OCc3ccccc3)c(C(=O)O)c2)cc1)Cc1ccccc1. The third-order valence-electron chi connectivity index (χ3n) is 6.50. The van der Waals surface area contributed by atoms with Crippen molar-refractivity contribution in [3.63, 3.8) is 0 Å². The van der Waals surface area contributed by atoms with E-state index in [2.05, 4.69) is 0 Å². The lowest BCUT2D eigenvalue weighted by atomic mass is 10.1. The number of benzene rings is 4. The molecule has 0 aliphatic rings. The van der Waals surface area contributed by atoms with Crippen LogP contribution in [0.3, 0.4) is 0 Å². The molecule has 0 unspecified atom stereocenters. The Bertz CT molecular complexity index is 1650. The molecule has 0 aliphatic carbocycles. The van der Waals surface area contributed by atoms with E-state index in [0.717, 1.165) is 22.8 Å². The fourth-order valence-corrected chi connectivity index (χ4v) is 5.59. The van der Waals surface area contributed by atoms with Gasteiger partial charge in [0.15, 0.2) is 0 Å². The molecule has 4 rings (SSSR count). The third kappa shape index (κ3) is 8.68. The van der Waals surface area contributed by atoms with Crippen LogP contribution in [0.4, 0.5) is 4.79 Å². The summed E-state index contributed by atoms with van der Waals surface area (Å²) in [6.07, 6.45) is 0.0456. The number of rotatable bonds is 11. The predicted octanol–water partition coefficient (Wildman–Crippen LogP) is 6.78. The molecule has 0 aromatic heterocycles. The van der Waals surface area contributed by atoms with Crippen molar-refractivity contribution in [3.8, 4) is 5.75 Å². The molecule has 0 aliphatic heterocycles. The quantitative estimate of drug-likeness (QED) is 0.202. The maximum absolute atomic E-state index is 13.4. The summed E-state index contributed by atoms with van der Waals surface area (Å²) >= 11 is 0. The van der Waals surface area contributed by atoms with E-state index in [4.69, 9.17) is 9.47 Å². The van der Waals surface area contributed by atoms with Crippen molar-refractivity contribution in [1.29, 1.82) is 0 Å². The zero-order valence-electron chi connectivity index (χ0n) is 24.4. The first-order valence-electron chi connectivity index (χ1n) is 13.8. The molecule has 4 aromatic rings. The molecular weight excluding hydrogens is 566 g/mol. The van der Waals surface area contributed by atoms with E-state index in [1.807, 2.05) is 81.4 Å². The molecule has 4 aromatic carbocycles. The van der Waals surface area contributed by atoms with Crippen LogP contribution in [0.15, 0.2) is 113 Å². The molecule has 0 fully saturated rings. The van der Waals surface area contributed by atoms with Gasteiger partial charge in [0.2, 0.25) is 9.84 Å². The van der Waals surface area contributed by atoms with Gasteiger partial charge in [-0.2, -0.15) is 0 Å². The number of sulfone groups is 1. The van der Waals surface area contributed by atoms with Crippen LogP contribution in [0.25, 0.3) is 0 Å². The summed E-state index contributed by atoms with van der Waals surface area (Å²) in [7, 11) is -4.00. The average molecular weight is 602 g/mol. The number of hydrogen-bond acceptors (Lipinski definition) is 6. The summed E-state index contributed by atoms with van der Waals surface area (Å²) in [6.45, 7) is 6.33. The number of carboxylic acids is 1. The molecule has 0 atom stereocenters. The van der Waals surface area contributed by atoms with Gasteiger partial charge in [-0.3, -0.25) is 0 Å². The molecule has 0 spiro atoms. The van der Waals surface area contributed by atoms with Crippen LogP contribution in [0.2, 0.25) is 0 Å². The Labute approximate surface area is 252 Å². The minimum atomic E-state index is -4.00. The van der Waals surface area contributed by atoms with Gasteiger partial charge in [0.05, 0.1) is 9.79 Å². The van der Waals surface area contributed by atoms with Gasteiger partial charge < -0.3 is 19.5 Å². The first-order valence-corrected chi connectivity index (χ1v) is 15.3. The van der Waals surface area contributed by atoms with Crippen LogP contribution >= 0.6 is 0 Å². The highest BCUT2D eigenvalue weighted by Gasteiger charge is 2.24. The number of aromatic carboxylic acids is 1. The van der Waals surface area contributed by atoms with E-state index >= 15 is 0 Å². The minimum absolute atomic E-state index is 0.0267. The normalized spacial score (nSPS) is 11.5. The third-order valence-corrected chi connectivity index (χ3v) is 8.27. The van der Waals surface area contributed by atoms with Crippen LogP contribution in [0.1, 0.15) is 47.8 Å². The largest absolute Gasteiger partial charge is 0.488 e. The van der Waals surface area contributed by atoms with Crippen molar-refractivity contribution in [2.45, 2.75) is 55.7 Å². The first-order chi connectivity index (χ1) is 20.4. The second kappa shape index (κ2) is 13.6. The van der Waals surface area contributed by atoms with Crippen molar-refractivity contribution in [2.75, 3.05) is 6.54 Å². The van der Waals surface area contributed by atoms with Crippen molar-refractivity contribution in [2.24, 2.45) is 0 Å². The van der Waals surface area contributed by atoms with Gasteiger partial charge in [-0.25, -0.2) is 18.0 Å². The topological polar surface area (TPSA) is 110 Å². The Morgan fingerprint density at radius 3 is 1.93 bits per heavy atom. The maximum atomic E-state index is 13.4. The molecular formula is C34H35NO7S. The smallest absolute Gasteiger partial charge is 0.410 e. The van der Waals surface area contributed by atoms with Crippen LogP contribution < -0.4 is 4.74 Å². The van der Waals surface area contributed by atoms with Gasteiger partial charge in [-0.1, -0.05) is 72.8 Å². The minimum Gasteiger partial charge on any atom is -0.488 e. The summed E-state index contributed by atoms with van der Waals surface area (Å²) < 4.78 is 38.1. The summed E-state index contributed by atoms with van der Waals surface area (Å²) in [5.74, 6) is -1.21. The number of carboxylic acid groups (broad SMARTS) is 1. The van der Waals surface area contributed by atoms with Gasteiger partial charge in [-0.15, -0.1) is 0 Å². The zero-order chi connectivity index (χ0) is 31.0. The summed E-state index contributed by atoms with van der Waals surface area (Å²) in [5, 5.41) is 9.75. The summed E-state index contributed by atoms with van der Waals surface area (Å²) in [4.78, 5) is 26.4. The van der Waals surface area contributed by atoms with Crippen LogP contribution in [-0.2, 0) is 34.1 Å². The molecule has 224 valence electrons. The Hall–Kier alpha value is -4.63. The van der Waals surface area contributed by atoms with Crippen molar-refractivity contribution in [3.05, 3.63) is 125 Å². The van der Waals surface area contributed by atoms with Crippen LogP contribution in [0, 0.1) is 0 Å². The number of hydrogen-bond donors (Lipinski definition) is 1. The molecule has 8 nitrogen and oxygen atoms in total. The fourth-order valence-electron chi connectivity index (χ4n) is 4.31. The van der Waals surface area contributed by atoms with Gasteiger partial charge in [0.1, 0.15) is 23.5 Å². The Morgan fingerprint density at radius 1 is 0.767 bits per heavy atom. The second-order valence-corrected chi connectivity index (χ2v) is 13.0. The Morgan fingerprint density at radius 2 is 1.35 bits per heavy atom. The van der Waals surface area contributed by atoms with Crippen LogP contribution in [-0.4, -0.2) is 42.6 Å². The molecule has 9 heteroatoms. The van der Waals surface area contributed by atoms with E-state index in [1.165, 1.54) is 24.3 Å². The van der Waals surface area contributed by atoms with E-state index in [0.29, 0.717) is 19.5 Å². The highest BCUT2D eigenvalue weighted by Crippen LogP contribution is 2.28. The van der Waals surface area contributed by atoms with Crippen molar-refractivity contribution in [1.82, 2.24) is 4.90 Å². The van der Waals surface area contributed by atoms with Gasteiger partial charge in [-0.05, 0) is 74.2 Å². The predicted molar refractivity (Wildman–Crippen MR) is 163 cm³/mol. The summed E-state index contributed by atoms with van der Waals surface area (Å²) in [6, 6.07) is 29.1. The Balaban J connectivity index is 1.48.